The zero-order valence-corrected chi connectivity index (χ0v) is 20.0. The van der Waals surface area contributed by atoms with Crippen LogP contribution in [0.15, 0.2) is 30.3 Å². The number of rotatable bonds is 7. The van der Waals surface area contributed by atoms with Gasteiger partial charge in [0.05, 0.1) is 19.6 Å². The Bertz CT molecular complexity index is 775. The zero-order valence-electron chi connectivity index (χ0n) is 20.0. The van der Waals surface area contributed by atoms with E-state index in [0.717, 1.165) is 57.6 Å². The molecule has 0 aromatic heterocycles. The fourth-order valence-corrected chi connectivity index (χ4v) is 5.21. The maximum Gasteiger partial charge on any atom is 0.225 e. The molecule has 0 aliphatic carbocycles. The standard InChI is InChI=1S/C26H39N3O4/c1-27-14-10-22(11-15-27)18-24(30)29-16-17-33-26(20-29,21-32-23-8-4-2-5-9-23)19-25(31)28-12-6-3-7-13-28/h2,4-5,8-9,22H,3,6-7,10-21H2,1H3. The number of amides is 2. The second-order valence-electron chi connectivity index (χ2n) is 10.0. The van der Waals surface area contributed by atoms with Crippen molar-refractivity contribution in [2.75, 3.05) is 59.5 Å². The first-order chi connectivity index (χ1) is 16.0. The minimum atomic E-state index is -0.814. The maximum atomic E-state index is 13.2. The number of piperidine rings is 2. The molecule has 1 aromatic carbocycles. The molecule has 4 rings (SSSR count). The summed E-state index contributed by atoms with van der Waals surface area (Å²) in [5.74, 6) is 1.49. The number of hydrogen-bond acceptors (Lipinski definition) is 5. The Morgan fingerprint density at radius 3 is 2.42 bits per heavy atom. The Kier molecular flexibility index (Phi) is 8.25. The van der Waals surface area contributed by atoms with Crippen LogP contribution in [0.3, 0.4) is 0 Å². The number of ether oxygens (including phenoxy) is 2. The lowest BCUT2D eigenvalue weighted by molar-refractivity contribution is -0.166. The van der Waals surface area contributed by atoms with Crippen LogP contribution in [0, 0.1) is 5.92 Å². The molecular weight excluding hydrogens is 418 g/mol. The third kappa shape index (κ3) is 6.70. The van der Waals surface area contributed by atoms with Gasteiger partial charge < -0.3 is 24.2 Å². The van der Waals surface area contributed by atoms with E-state index < -0.39 is 5.60 Å². The van der Waals surface area contributed by atoms with E-state index in [-0.39, 0.29) is 24.8 Å². The van der Waals surface area contributed by atoms with Gasteiger partial charge >= 0.3 is 0 Å². The van der Waals surface area contributed by atoms with Crippen LogP contribution in [0.1, 0.15) is 44.9 Å². The van der Waals surface area contributed by atoms with Gasteiger partial charge in [-0.15, -0.1) is 0 Å². The van der Waals surface area contributed by atoms with Gasteiger partial charge in [0.2, 0.25) is 11.8 Å². The highest BCUT2D eigenvalue weighted by Crippen LogP contribution is 2.28. The highest BCUT2D eigenvalue weighted by molar-refractivity contribution is 5.79. The monoisotopic (exact) mass is 457 g/mol. The van der Waals surface area contributed by atoms with Gasteiger partial charge in [0.15, 0.2) is 0 Å². The van der Waals surface area contributed by atoms with E-state index in [4.69, 9.17) is 9.47 Å². The van der Waals surface area contributed by atoms with Crippen molar-refractivity contribution in [1.29, 1.82) is 0 Å². The van der Waals surface area contributed by atoms with Gasteiger partial charge in [-0.3, -0.25) is 9.59 Å². The van der Waals surface area contributed by atoms with Crippen molar-refractivity contribution in [3.05, 3.63) is 30.3 Å². The van der Waals surface area contributed by atoms with Gasteiger partial charge in [-0.1, -0.05) is 18.2 Å². The third-order valence-corrected chi connectivity index (χ3v) is 7.33. The average molecular weight is 458 g/mol. The molecule has 1 aromatic rings. The van der Waals surface area contributed by atoms with E-state index >= 15 is 0 Å². The number of para-hydroxylation sites is 1. The molecule has 0 radical (unpaired) electrons. The van der Waals surface area contributed by atoms with Crippen LogP contribution in [0.4, 0.5) is 0 Å². The average Bonchev–Trinajstić information content (AvgIpc) is 2.85. The van der Waals surface area contributed by atoms with E-state index in [1.54, 1.807) is 0 Å². The normalized spacial score (nSPS) is 25.1. The van der Waals surface area contributed by atoms with Crippen LogP contribution in [0.25, 0.3) is 0 Å². The molecule has 7 heteroatoms. The summed E-state index contributed by atoms with van der Waals surface area (Å²) in [6.45, 7) is 5.42. The van der Waals surface area contributed by atoms with Crippen molar-refractivity contribution in [2.45, 2.75) is 50.5 Å². The highest BCUT2D eigenvalue weighted by atomic mass is 16.5. The summed E-state index contributed by atoms with van der Waals surface area (Å²) in [4.78, 5) is 32.6. The summed E-state index contributed by atoms with van der Waals surface area (Å²) in [5.41, 5.74) is -0.814. The van der Waals surface area contributed by atoms with Crippen LogP contribution in [0.2, 0.25) is 0 Å². The quantitative estimate of drug-likeness (QED) is 0.630. The molecule has 33 heavy (non-hydrogen) atoms. The van der Waals surface area contributed by atoms with E-state index in [0.29, 0.717) is 32.0 Å². The van der Waals surface area contributed by atoms with Gasteiger partial charge in [-0.25, -0.2) is 0 Å². The van der Waals surface area contributed by atoms with Crippen LogP contribution in [-0.4, -0.2) is 91.6 Å². The molecule has 0 N–H and O–H groups in total. The van der Waals surface area contributed by atoms with E-state index in [2.05, 4.69) is 11.9 Å². The second-order valence-corrected chi connectivity index (χ2v) is 10.0. The van der Waals surface area contributed by atoms with Crippen molar-refractivity contribution in [3.63, 3.8) is 0 Å². The van der Waals surface area contributed by atoms with E-state index in [1.165, 1.54) is 6.42 Å². The summed E-state index contributed by atoms with van der Waals surface area (Å²) >= 11 is 0. The van der Waals surface area contributed by atoms with E-state index in [9.17, 15) is 9.59 Å². The van der Waals surface area contributed by atoms with Gasteiger partial charge in [0, 0.05) is 26.1 Å². The number of hydrogen-bond donors (Lipinski definition) is 0. The topological polar surface area (TPSA) is 62.3 Å². The van der Waals surface area contributed by atoms with Crippen LogP contribution in [-0.2, 0) is 14.3 Å². The first-order valence-corrected chi connectivity index (χ1v) is 12.6. The Morgan fingerprint density at radius 2 is 1.70 bits per heavy atom. The lowest BCUT2D eigenvalue weighted by Gasteiger charge is -2.43. The van der Waals surface area contributed by atoms with Crippen molar-refractivity contribution in [2.24, 2.45) is 5.92 Å². The summed E-state index contributed by atoms with van der Waals surface area (Å²) in [5, 5.41) is 0. The Morgan fingerprint density at radius 1 is 0.970 bits per heavy atom. The number of morpholine rings is 1. The first kappa shape index (κ1) is 24.0. The van der Waals surface area contributed by atoms with Crippen LogP contribution >= 0.6 is 0 Å². The molecule has 0 bridgehead atoms. The first-order valence-electron chi connectivity index (χ1n) is 12.6. The molecule has 3 heterocycles. The predicted molar refractivity (Wildman–Crippen MR) is 127 cm³/mol. The maximum absolute atomic E-state index is 13.2. The minimum Gasteiger partial charge on any atom is -0.490 e. The van der Waals surface area contributed by atoms with Crippen molar-refractivity contribution in [3.8, 4) is 5.75 Å². The zero-order chi connectivity index (χ0) is 23.1. The molecule has 1 unspecified atom stereocenters. The Hall–Kier alpha value is -2.12. The van der Waals surface area contributed by atoms with Crippen LogP contribution in [0.5, 0.6) is 5.75 Å². The molecule has 0 spiro atoms. The summed E-state index contributed by atoms with van der Waals surface area (Å²) < 4.78 is 12.3. The number of carbonyl (C=O) groups excluding carboxylic acids is 2. The van der Waals surface area contributed by atoms with E-state index in [1.807, 2.05) is 40.1 Å². The Balaban J connectivity index is 1.42. The fourth-order valence-electron chi connectivity index (χ4n) is 5.21. The molecule has 182 valence electrons. The van der Waals surface area contributed by atoms with Crippen LogP contribution < -0.4 is 4.74 Å². The second kappa shape index (κ2) is 11.3. The fraction of sp³-hybridized carbons (Fsp3) is 0.692. The number of nitrogens with zero attached hydrogens (tertiary/aromatic N) is 3. The highest BCUT2D eigenvalue weighted by Gasteiger charge is 2.42. The molecule has 0 saturated carbocycles. The van der Waals surface area contributed by atoms with Gasteiger partial charge in [-0.05, 0) is 70.3 Å². The van der Waals surface area contributed by atoms with Gasteiger partial charge in [0.1, 0.15) is 18.0 Å². The Labute approximate surface area is 198 Å². The molecule has 1 atom stereocenters. The molecule has 3 aliphatic heterocycles. The molecule has 2 amide bonds. The lowest BCUT2D eigenvalue weighted by Crippen LogP contribution is -2.58. The van der Waals surface area contributed by atoms with Crippen molar-refractivity contribution in [1.82, 2.24) is 14.7 Å². The molecule has 7 nitrogen and oxygen atoms in total. The van der Waals surface area contributed by atoms with Crippen molar-refractivity contribution >= 4 is 11.8 Å². The van der Waals surface area contributed by atoms with Crippen molar-refractivity contribution < 1.29 is 19.1 Å². The molecule has 3 aliphatic rings. The van der Waals surface area contributed by atoms with Gasteiger partial charge in [0.25, 0.3) is 0 Å². The number of likely N-dealkylation sites (tertiary alicyclic amines) is 2. The lowest BCUT2D eigenvalue weighted by atomic mass is 9.92. The minimum absolute atomic E-state index is 0.107. The molecular formula is C26H39N3O4. The SMILES string of the molecule is CN1CCC(CC(=O)N2CCOC(COc3ccccc3)(CC(=O)N3CCCCC3)C2)CC1. The number of benzene rings is 1. The predicted octanol–water partition coefficient (Wildman–Crippen LogP) is 2.80. The summed E-state index contributed by atoms with van der Waals surface area (Å²) in [6, 6.07) is 9.63. The van der Waals surface area contributed by atoms with Gasteiger partial charge in [-0.2, -0.15) is 0 Å². The smallest absolute Gasteiger partial charge is 0.225 e. The molecule has 3 saturated heterocycles. The summed E-state index contributed by atoms with van der Waals surface area (Å²) in [7, 11) is 2.14. The largest absolute Gasteiger partial charge is 0.490 e. The molecule has 3 fully saturated rings. The summed E-state index contributed by atoms with van der Waals surface area (Å²) in [6.07, 6.45) is 6.27. The number of carbonyl (C=O) groups is 2. The third-order valence-electron chi connectivity index (χ3n) is 7.33.